The number of allylic oxidation sites excluding steroid dienone is 2. The summed E-state index contributed by atoms with van der Waals surface area (Å²) in [6, 6.07) is 20.9. The Hall–Kier alpha value is -4.12. The lowest BCUT2D eigenvalue weighted by molar-refractivity contribution is -0.122. The number of phenols is 2. The number of nitrogens with one attached hydrogen (secondary N) is 1. The van der Waals surface area contributed by atoms with Gasteiger partial charge in [0.2, 0.25) is 5.91 Å². The second kappa shape index (κ2) is 7.54. The molecular formula is C27H21NO4. The molecule has 1 amide bonds. The molecule has 3 aromatic rings. The Labute approximate surface area is 185 Å². The molecule has 5 nitrogen and oxygen atoms in total. The predicted octanol–water partition coefficient (Wildman–Crippen LogP) is 4.82. The average Bonchev–Trinajstić information content (AvgIpc) is 3.02. The maximum absolute atomic E-state index is 13.5. The first-order valence-electron chi connectivity index (χ1n) is 10.4. The highest BCUT2D eigenvalue weighted by molar-refractivity contribution is 6.18. The van der Waals surface area contributed by atoms with Gasteiger partial charge in [0.05, 0.1) is 5.41 Å². The molecule has 5 rings (SSSR count). The Bertz CT molecular complexity index is 1250. The summed E-state index contributed by atoms with van der Waals surface area (Å²) in [6.07, 6.45) is 4.02. The number of aromatic hydroxyl groups is 2. The Kier molecular flexibility index (Phi) is 4.67. The minimum absolute atomic E-state index is 0.108. The maximum Gasteiger partial charge on any atom is 0.235 e. The molecule has 1 spiro atoms. The molecule has 158 valence electrons. The zero-order valence-corrected chi connectivity index (χ0v) is 17.2. The van der Waals surface area contributed by atoms with Crippen LogP contribution in [0.3, 0.4) is 0 Å². The van der Waals surface area contributed by atoms with Gasteiger partial charge in [-0.05, 0) is 72.0 Å². The third-order valence-electron chi connectivity index (χ3n) is 6.12. The molecule has 1 fully saturated rings. The quantitative estimate of drug-likeness (QED) is 0.516. The van der Waals surface area contributed by atoms with E-state index in [9.17, 15) is 19.8 Å². The van der Waals surface area contributed by atoms with Crippen molar-refractivity contribution < 1.29 is 19.8 Å². The predicted molar refractivity (Wildman–Crippen MR) is 123 cm³/mol. The van der Waals surface area contributed by atoms with Crippen LogP contribution < -0.4 is 5.32 Å². The van der Waals surface area contributed by atoms with E-state index in [-0.39, 0.29) is 36.0 Å². The lowest BCUT2D eigenvalue weighted by Crippen LogP contribution is -2.40. The molecule has 5 heteroatoms. The number of para-hydroxylation sites is 1. The summed E-state index contributed by atoms with van der Waals surface area (Å²) in [5.74, 6) is -0.0529. The molecule has 0 unspecified atom stereocenters. The molecule has 1 saturated carbocycles. The van der Waals surface area contributed by atoms with E-state index in [1.54, 1.807) is 48.6 Å². The molecule has 2 aliphatic rings. The number of phenolic OH excluding ortho intramolecular Hbond substituents is 2. The van der Waals surface area contributed by atoms with E-state index < -0.39 is 5.41 Å². The van der Waals surface area contributed by atoms with Gasteiger partial charge in [0.1, 0.15) is 11.5 Å². The van der Waals surface area contributed by atoms with Gasteiger partial charge in [0, 0.05) is 16.8 Å². The minimum Gasteiger partial charge on any atom is -0.508 e. The summed E-state index contributed by atoms with van der Waals surface area (Å²) >= 11 is 0. The molecule has 1 heterocycles. The van der Waals surface area contributed by atoms with Crippen LogP contribution in [0.5, 0.6) is 11.5 Å². The number of rotatable bonds is 2. The van der Waals surface area contributed by atoms with Crippen LogP contribution in [-0.4, -0.2) is 21.9 Å². The molecule has 0 radical (unpaired) electrons. The van der Waals surface area contributed by atoms with Crippen molar-refractivity contribution in [2.24, 2.45) is 0 Å². The maximum atomic E-state index is 13.5. The van der Waals surface area contributed by atoms with Gasteiger partial charge in [-0.3, -0.25) is 9.59 Å². The van der Waals surface area contributed by atoms with Crippen molar-refractivity contribution in [1.82, 2.24) is 0 Å². The molecule has 3 aromatic carbocycles. The number of fused-ring (bicyclic) bond motifs is 2. The second-order valence-electron chi connectivity index (χ2n) is 8.29. The fourth-order valence-corrected chi connectivity index (χ4v) is 4.67. The van der Waals surface area contributed by atoms with Crippen LogP contribution in [0.2, 0.25) is 0 Å². The van der Waals surface area contributed by atoms with Crippen LogP contribution in [0.1, 0.15) is 29.5 Å². The lowest BCUT2D eigenvalue weighted by Gasteiger charge is -2.34. The number of benzene rings is 3. The summed E-state index contributed by atoms with van der Waals surface area (Å²) < 4.78 is 0. The molecule has 0 bridgehead atoms. The fourth-order valence-electron chi connectivity index (χ4n) is 4.67. The Morgan fingerprint density at radius 1 is 0.750 bits per heavy atom. The number of hydrogen-bond acceptors (Lipinski definition) is 4. The van der Waals surface area contributed by atoms with E-state index in [0.717, 1.165) is 11.3 Å². The largest absolute Gasteiger partial charge is 0.508 e. The van der Waals surface area contributed by atoms with Crippen molar-refractivity contribution in [2.45, 2.75) is 18.3 Å². The van der Waals surface area contributed by atoms with E-state index in [4.69, 9.17) is 0 Å². The Morgan fingerprint density at radius 3 is 1.88 bits per heavy atom. The fraction of sp³-hybridized carbons (Fsp3) is 0.111. The molecular weight excluding hydrogens is 402 g/mol. The highest BCUT2D eigenvalue weighted by Gasteiger charge is 2.51. The highest BCUT2D eigenvalue weighted by Crippen LogP contribution is 2.50. The van der Waals surface area contributed by atoms with Crippen LogP contribution in [-0.2, 0) is 15.0 Å². The lowest BCUT2D eigenvalue weighted by atomic mass is 9.65. The van der Waals surface area contributed by atoms with E-state index in [1.807, 2.05) is 36.4 Å². The normalized spacial score (nSPS) is 22.4. The number of hydrogen-bond donors (Lipinski definition) is 3. The van der Waals surface area contributed by atoms with E-state index in [1.165, 1.54) is 0 Å². The molecule has 1 aliphatic carbocycles. The SMILES string of the molecule is O=C1C(=Cc2cccc(O)c2)CC2(CC1=Cc1cccc(O)c1)C(=O)Nc1ccccc12. The number of amides is 1. The van der Waals surface area contributed by atoms with Crippen molar-refractivity contribution in [3.05, 3.63) is 101 Å². The van der Waals surface area contributed by atoms with Crippen LogP contribution in [0, 0.1) is 0 Å². The average molecular weight is 423 g/mol. The van der Waals surface area contributed by atoms with Gasteiger partial charge in [-0.2, -0.15) is 0 Å². The molecule has 0 atom stereocenters. The summed E-state index contributed by atoms with van der Waals surface area (Å²) in [4.78, 5) is 26.7. The molecule has 32 heavy (non-hydrogen) atoms. The molecule has 0 aromatic heterocycles. The topological polar surface area (TPSA) is 86.6 Å². The number of carbonyl (C=O) groups excluding carboxylic acids is 2. The first-order chi connectivity index (χ1) is 15.4. The Morgan fingerprint density at radius 2 is 1.31 bits per heavy atom. The molecule has 1 aliphatic heterocycles. The standard InChI is InChI=1S/C27H21NO4/c29-21-7-3-5-17(13-21)11-19-15-27(23-9-1-2-10-24(23)28-26(27)32)16-20(25(19)31)12-18-6-4-8-22(30)14-18/h1-14,29-30H,15-16H2,(H,28,32). The van der Waals surface area contributed by atoms with Gasteiger partial charge >= 0.3 is 0 Å². The monoisotopic (exact) mass is 423 g/mol. The van der Waals surface area contributed by atoms with Crippen molar-refractivity contribution in [2.75, 3.05) is 5.32 Å². The third-order valence-corrected chi connectivity index (χ3v) is 6.12. The highest BCUT2D eigenvalue weighted by atomic mass is 16.3. The van der Waals surface area contributed by atoms with E-state index in [0.29, 0.717) is 22.3 Å². The number of Topliss-reactive ketones (excluding diaryl/α,β-unsaturated/α-hetero) is 1. The van der Waals surface area contributed by atoms with E-state index >= 15 is 0 Å². The summed E-state index contributed by atoms with van der Waals surface area (Å²) in [5, 5.41) is 22.7. The summed E-state index contributed by atoms with van der Waals surface area (Å²) in [5.41, 5.74) is 3.12. The van der Waals surface area contributed by atoms with Gasteiger partial charge in [-0.15, -0.1) is 0 Å². The molecule has 3 N–H and O–H groups in total. The summed E-state index contributed by atoms with van der Waals surface area (Å²) in [7, 11) is 0. The first kappa shape index (κ1) is 19.8. The van der Waals surface area contributed by atoms with Gasteiger partial charge in [0.15, 0.2) is 5.78 Å². The van der Waals surface area contributed by atoms with Crippen molar-refractivity contribution in [3.8, 4) is 11.5 Å². The zero-order chi connectivity index (χ0) is 22.3. The summed E-state index contributed by atoms with van der Waals surface area (Å²) in [6.45, 7) is 0. The minimum atomic E-state index is -0.893. The zero-order valence-electron chi connectivity index (χ0n) is 17.2. The van der Waals surface area contributed by atoms with Crippen LogP contribution in [0.4, 0.5) is 5.69 Å². The van der Waals surface area contributed by atoms with Crippen LogP contribution in [0.15, 0.2) is 83.9 Å². The van der Waals surface area contributed by atoms with E-state index in [2.05, 4.69) is 5.32 Å². The van der Waals surface area contributed by atoms with Gasteiger partial charge < -0.3 is 15.5 Å². The van der Waals surface area contributed by atoms with Crippen molar-refractivity contribution >= 4 is 29.5 Å². The van der Waals surface area contributed by atoms with Gasteiger partial charge in [-0.25, -0.2) is 0 Å². The van der Waals surface area contributed by atoms with Gasteiger partial charge in [-0.1, -0.05) is 42.5 Å². The Balaban J connectivity index is 1.67. The van der Waals surface area contributed by atoms with Crippen molar-refractivity contribution in [3.63, 3.8) is 0 Å². The third kappa shape index (κ3) is 3.38. The van der Waals surface area contributed by atoms with Gasteiger partial charge in [0.25, 0.3) is 0 Å². The van der Waals surface area contributed by atoms with Crippen molar-refractivity contribution in [1.29, 1.82) is 0 Å². The number of carbonyl (C=O) groups is 2. The van der Waals surface area contributed by atoms with Crippen LogP contribution >= 0.6 is 0 Å². The number of anilines is 1. The first-order valence-corrected chi connectivity index (χ1v) is 10.4. The molecule has 0 saturated heterocycles. The smallest absolute Gasteiger partial charge is 0.235 e. The van der Waals surface area contributed by atoms with Crippen LogP contribution in [0.25, 0.3) is 12.2 Å². The second-order valence-corrected chi connectivity index (χ2v) is 8.29. The number of ketones is 1.